The number of hydrogen-bond donors (Lipinski definition) is 1. The van der Waals surface area contributed by atoms with Gasteiger partial charge in [-0.25, -0.2) is 0 Å². The molecular weight excluding hydrogens is 282 g/mol. The molecule has 2 aliphatic rings. The van der Waals surface area contributed by atoms with Gasteiger partial charge in [-0.15, -0.1) is 0 Å². The lowest BCUT2D eigenvalue weighted by molar-refractivity contribution is 0.0571. The molecule has 1 aromatic rings. The molecule has 2 aliphatic heterocycles. The van der Waals surface area contributed by atoms with Gasteiger partial charge < -0.3 is 19.5 Å². The lowest BCUT2D eigenvalue weighted by Crippen LogP contribution is -2.34. The molecule has 0 spiro atoms. The number of rotatable bonds is 1. The average Bonchev–Trinajstić information content (AvgIpc) is 2.78. The van der Waals surface area contributed by atoms with Crippen LogP contribution in [0.3, 0.4) is 0 Å². The van der Waals surface area contributed by atoms with Crippen molar-refractivity contribution in [1.29, 1.82) is 0 Å². The average molecular weight is 298 g/mol. The van der Waals surface area contributed by atoms with E-state index >= 15 is 0 Å². The molecule has 20 heavy (non-hydrogen) atoms. The molecule has 2 heterocycles. The maximum atomic E-state index is 12.4. The second-order valence-electron chi connectivity index (χ2n) is 5.46. The third-order valence-corrected chi connectivity index (χ3v) is 3.86. The number of ether oxygens (including phenoxy) is 2. The van der Waals surface area contributed by atoms with Gasteiger partial charge in [0, 0.05) is 18.7 Å². The van der Waals surface area contributed by atoms with E-state index in [0.29, 0.717) is 54.8 Å². The lowest BCUT2D eigenvalue weighted by atomic mass is 10.1. The Balaban J connectivity index is 1.87. The smallest absolute Gasteiger partial charge is 0.254 e. The van der Waals surface area contributed by atoms with Crippen LogP contribution in [0.4, 0.5) is 0 Å². The number of carbonyl (C=O) groups excluding carboxylic acids is 1. The normalized spacial score (nSPS) is 24.9. The Morgan fingerprint density at radius 1 is 1.40 bits per heavy atom. The monoisotopic (exact) mass is 297 g/mol. The first-order valence-electron chi connectivity index (χ1n) is 6.57. The highest BCUT2D eigenvalue weighted by atomic mass is 35.5. The minimum atomic E-state index is -0.812. The van der Waals surface area contributed by atoms with E-state index in [1.165, 1.54) is 0 Å². The van der Waals surface area contributed by atoms with E-state index < -0.39 is 5.60 Å². The van der Waals surface area contributed by atoms with Gasteiger partial charge in [0.2, 0.25) is 0 Å². The van der Waals surface area contributed by atoms with Crippen molar-refractivity contribution >= 4 is 17.5 Å². The zero-order valence-electron chi connectivity index (χ0n) is 11.2. The van der Waals surface area contributed by atoms with Crippen LogP contribution in [0.1, 0.15) is 23.7 Å². The summed E-state index contributed by atoms with van der Waals surface area (Å²) >= 11 is 6.13. The van der Waals surface area contributed by atoms with Gasteiger partial charge >= 0.3 is 0 Å². The van der Waals surface area contributed by atoms with Crippen molar-refractivity contribution in [3.63, 3.8) is 0 Å². The number of carbonyl (C=O) groups is 1. The summed E-state index contributed by atoms with van der Waals surface area (Å²) in [6, 6.07) is 3.24. The van der Waals surface area contributed by atoms with Gasteiger partial charge in [0.25, 0.3) is 5.91 Å². The predicted molar refractivity (Wildman–Crippen MR) is 73.6 cm³/mol. The summed E-state index contributed by atoms with van der Waals surface area (Å²) in [5.41, 5.74) is -0.357. The van der Waals surface area contributed by atoms with Gasteiger partial charge in [0.15, 0.2) is 11.5 Å². The molecule has 5 nitrogen and oxygen atoms in total. The van der Waals surface area contributed by atoms with Gasteiger partial charge in [-0.1, -0.05) is 11.6 Å². The highest BCUT2D eigenvalue weighted by Gasteiger charge is 2.34. The fraction of sp³-hybridized carbons (Fsp3) is 0.500. The van der Waals surface area contributed by atoms with Crippen LogP contribution in [-0.4, -0.2) is 47.8 Å². The topological polar surface area (TPSA) is 59.0 Å². The molecule has 6 heteroatoms. The fourth-order valence-corrected chi connectivity index (χ4v) is 2.80. The molecule has 0 aromatic heterocycles. The van der Waals surface area contributed by atoms with Crippen LogP contribution < -0.4 is 9.47 Å². The van der Waals surface area contributed by atoms with Gasteiger partial charge in [0.1, 0.15) is 13.2 Å². The van der Waals surface area contributed by atoms with E-state index in [0.717, 1.165) is 0 Å². The summed E-state index contributed by atoms with van der Waals surface area (Å²) in [6.45, 7) is 3.50. The first-order chi connectivity index (χ1) is 9.46. The summed E-state index contributed by atoms with van der Waals surface area (Å²) in [6.07, 6.45) is 0.580. The Kier molecular flexibility index (Phi) is 3.26. The highest BCUT2D eigenvalue weighted by Crippen LogP contribution is 2.38. The molecule has 1 saturated heterocycles. The molecule has 1 N–H and O–H groups in total. The highest BCUT2D eigenvalue weighted by molar-refractivity contribution is 6.32. The molecule has 1 aromatic carbocycles. The van der Waals surface area contributed by atoms with E-state index in [2.05, 4.69) is 0 Å². The first-order valence-corrected chi connectivity index (χ1v) is 6.95. The van der Waals surface area contributed by atoms with Crippen LogP contribution in [0.15, 0.2) is 12.1 Å². The second-order valence-corrected chi connectivity index (χ2v) is 5.86. The minimum absolute atomic E-state index is 0.151. The summed E-state index contributed by atoms with van der Waals surface area (Å²) in [7, 11) is 0. The number of nitrogens with zero attached hydrogens (tertiary/aromatic N) is 1. The maximum Gasteiger partial charge on any atom is 0.254 e. The molecule has 1 fully saturated rings. The number of halogens is 1. The van der Waals surface area contributed by atoms with Crippen LogP contribution >= 0.6 is 11.6 Å². The summed E-state index contributed by atoms with van der Waals surface area (Å²) in [5, 5.41) is 10.3. The first kappa shape index (κ1) is 13.5. The molecule has 0 radical (unpaired) electrons. The van der Waals surface area contributed by atoms with Crippen molar-refractivity contribution in [3.05, 3.63) is 22.7 Å². The number of benzene rings is 1. The van der Waals surface area contributed by atoms with Gasteiger partial charge in [-0.3, -0.25) is 4.79 Å². The third kappa shape index (κ3) is 2.43. The number of likely N-dealkylation sites (tertiary alicyclic amines) is 1. The fourth-order valence-electron chi connectivity index (χ4n) is 2.54. The molecule has 3 rings (SSSR count). The molecular formula is C14H16ClNO4. The van der Waals surface area contributed by atoms with Crippen LogP contribution in [0.25, 0.3) is 0 Å². The van der Waals surface area contributed by atoms with Crippen molar-refractivity contribution in [2.45, 2.75) is 18.9 Å². The quantitative estimate of drug-likeness (QED) is 0.857. The second kappa shape index (κ2) is 4.82. The number of hydrogen-bond acceptors (Lipinski definition) is 4. The van der Waals surface area contributed by atoms with E-state index in [4.69, 9.17) is 21.1 Å². The third-order valence-electron chi connectivity index (χ3n) is 3.58. The molecule has 0 saturated carbocycles. The lowest BCUT2D eigenvalue weighted by Gasteiger charge is -2.22. The van der Waals surface area contributed by atoms with E-state index in [1.54, 1.807) is 24.0 Å². The van der Waals surface area contributed by atoms with E-state index in [1.807, 2.05) is 0 Å². The van der Waals surface area contributed by atoms with Gasteiger partial charge in [-0.05, 0) is 25.5 Å². The zero-order chi connectivity index (χ0) is 14.3. The van der Waals surface area contributed by atoms with Gasteiger partial charge in [-0.2, -0.15) is 0 Å². The molecule has 1 amide bonds. The van der Waals surface area contributed by atoms with E-state index in [9.17, 15) is 9.90 Å². The molecule has 0 bridgehead atoms. The Hall–Kier alpha value is -1.46. The number of aliphatic hydroxyl groups is 1. The summed E-state index contributed by atoms with van der Waals surface area (Å²) in [5.74, 6) is 0.836. The number of amides is 1. The van der Waals surface area contributed by atoms with Crippen molar-refractivity contribution in [1.82, 2.24) is 4.90 Å². The number of β-amino-alcohol motifs (C(OH)–C–C–N with tert-alkyl or cyclic N) is 1. The largest absolute Gasteiger partial charge is 0.486 e. The Labute approximate surface area is 122 Å². The maximum absolute atomic E-state index is 12.4. The standard InChI is InChI=1S/C14H16ClNO4/c1-14(18)2-3-16(8-14)13(17)9-6-10(15)12-11(7-9)19-4-5-20-12/h6-7,18H,2-5,8H2,1H3. The van der Waals surface area contributed by atoms with Crippen LogP contribution in [0.5, 0.6) is 11.5 Å². The van der Waals surface area contributed by atoms with Crippen LogP contribution in [-0.2, 0) is 0 Å². The molecule has 108 valence electrons. The minimum Gasteiger partial charge on any atom is -0.486 e. The predicted octanol–water partition coefficient (Wildman–Crippen LogP) is 1.71. The van der Waals surface area contributed by atoms with Crippen molar-refractivity contribution < 1.29 is 19.4 Å². The van der Waals surface area contributed by atoms with Crippen molar-refractivity contribution in [3.8, 4) is 11.5 Å². The van der Waals surface area contributed by atoms with Crippen molar-refractivity contribution in [2.24, 2.45) is 0 Å². The molecule has 1 unspecified atom stereocenters. The van der Waals surface area contributed by atoms with Crippen LogP contribution in [0.2, 0.25) is 5.02 Å². The Morgan fingerprint density at radius 3 is 2.85 bits per heavy atom. The summed E-state index contributed by atoms with van der Waals surface area (Å²) < 4.78 is 10.9. The SMILES string of the molecule is CC1(O)CCN(C(=O)c2cc(Cl)c3c(c2)OCCO3)C1. The van der Waals surface area contributed by atoms with Crippen molar-refractivity contribution in [2.75, 3.05) is 26.3 Å². The molecule has 1 atom stereocenters. The summed E-state index contributed by atoms with van der Waals surface area (Å²) in [4.78, 5) is 14.1. The Morgan fingerprint density at radius 2 is 2.15 bits per heavy atom. The van der Waals surface area contributed by atoms with E-state index in [-0.39, 0.29) is 5.91 Å². The Bertz CT molecular complexity index is 558. The van der Waals surface area contributed by atoms with Crippen LogP contribution in [0, 0.1) is 0 Å². The van der Waals surface area contributed by atoms with Gasteiger partial charge in [0.05, 0.1) is 10.6 Å². The number of fused-ring (bicyclic) bond motifs is 1. The zero-order valence-corrected chi connectivity index (χ0v) is 11.9. The molecule has 0 aliphatic carbocycles.